The monoisotopic (exact) mass is 314 g/mol. The van der Waals surface area contributed by atoms with Crippen molar-refractivity contribution in [3.05, 3.63) is 102 Å². The van der Waals surface area contributed by atoms with Crippen LogP contribution in [0, 0.1) is 12.3 Å². The van der Waals surface area contributed by atoms with E-state index in [0.29, 0.717) is 5.84 Å². The van der Waals surface area contributed by atoms with Crippen LogP contribution in [0.25, 0.3) is 0 Å². The van der Waals surface area contributed by atoms with Crippen LogP contribution in [-0.2, 0) is 6.42 Å². The molecule has 3 rings (SSSR count). The van der Waals surface area contributed by atoms with E-state index in [1.807, 2.05) is 36.4 Å². The average molecular weight is 314 g/mol. The molecule has 0 aromatic heterocycles. The highest BCUT2D eigenvalue weighted by Crippen LogP contribution is 2.18. The first-order valence-electron chi connectivity index (χ1n) is 8.26. The van der Waals surface area contributed by atoms with Crippen molar-refractivity contribution in [3.8, 4) is 0 Å². The molecule has 120 valence electrons. The van der Waals surface area contributed by atoms with Gasteiger partial charge in [-0.15, -0.1) is 0 Å². The lowest BCUT2D eigenvalue weighted by Crippen LogP contribution is -2.33. The standard InChI is InChI=1S/C22H22N2/c1-18-9-8-12-20(17-18)22(23)24(21-13-6-3-7-14-21)16-15-19-10-4-2-5-11-19/h2-14,17,23H,15-16H2,1H3. The Balaban J connectivity index is 1.86. The summed E-state index contributed by atoms with van der Waals surface area (Å²) in [5.74, 6) is 0.542. The molecule has 0 saturated heterocycles. The minimum atomic E-state index is 0.542. The van der Waals surface area contributed by atoms with Gasteiger partial charge in [0.1, 0.15) is 5.84 Å². The third kappa shape index (κ3) is 3.90. The molecular formula is C22H22N2. The van der Waals surface area contributed by atoms with Crippen LogP contribution in [0.15, 0.2) is 84.9 Å². The number of amidine groups is 1. The smallest absolute Gasteiger partial charge is 0.132 e. The van der Waals surface area contributed by atoms with E-state index >= 15 is 0 Å². The SMILES string of the molecule is Cc1cccc(C(=N)N(CCc2ccccc2)c2ccccc2)c1. The highest BCUT2D eigenvalue weighted by molar-refractivity contribution is 6.08. The van der Waals surface area contributed by atoms with Crippen LogP contribution >= 0.6 is 0 Å². The lowest BCUT2D eigenvalue weighted by Gasteiger charge is -2.26. The second-order valence-electron chi connectivity index (χ2n) is 5.94. The van der Waals surface area contributed by atoms with Crippen LogP contribution < -0.4 is 4.90 Å². The van der Waals surface area contributed by atoms with Crippen molar-refractivity contribution in [1.82, 2.24) is 0 Å². The van der Waals surface area contributed by atoms with Crippen LogP contribution in [0.1, 0.15) is 16.7 Å². The maximum absolute atomic E-state index is 8.71. The van der Waals surface area contributed by atoms with E-state index < -0.39 is 0 Å². The summed E-state index contributed by atoms with van der Waals surface area (Å²) in [6.45, 7) is 2.84. The van der Waals surface area contributed by atoms with Crippen molar-refractivity contribution in [1.29, 1.82) is 5.41 Å². The van der Waals surface area contributed by atoms with Gasteiger partial charge in [-0.3, -0.25) is 5.41 Å². The van der Waals surface area contributed by atoms with Crippen molar-refractivity contribution >= 4 is 11.5 Å². The number of rotatable bonds is 5. The molecule has 0 saturated carbocycles. The molecule has 0 atom stereocenters. The lowest BCUT2D eigenvalue weighted by atomic mass is 10.1. The summed E-state index contributed by atoms with van der Waals surface area (Å²) in [4.78, 5) is 2.09. The molecule has 3 aromatic carbocycles. The van der Waals surface area contributed by atoms with E-state index in [2.05, 4.69) is 60.4 Å². The van der Waals surface area contributed by atoms with Crippen LogP contribution in [0.2, 0.25) is 0 Å². The van der Waals surface area contributed by atoms with E-state index in [1.54, 1.807) is 0 Å². The maximum atomic E-state index is 8.71. The van der Waals surface area contributed by atoms with E-state index in [0.717, 1.165) is 24.2 Å². The summed E-state index contributed by atoms with van der Waals surface area (Å²) >= 11 is 0. The van der Waals surface area contributed by atoms with Crippen molar-refractivity contribution < 1.29 is 0 Å². The second kappa shape index (κ2) is 7.60. The Labute approximate surface area is 143 Å². The van der Waals surface area contributed by atoms with Gasteiger partial charge < -0.3 is 4.90 Å². The van der Waals surface area contributed by atoms with Gasteiger partial charge in [-0.1, -0.05) is 72.3 Å². The Morgan fingerprint density at radius 1 is 0.833 bits per heavy atom. The van der Waals surface area contributed by atoms with Gasteiger partial charge >= 0.3 is 0 Å². The molecule has 0 aliphatic heterocycles. The Morgan fingerprint density at radius 3 is 2.17 bits per heavy atom. The topological polar surface area (TPSA) is 27.1 Å². The molecular weight excluding hydrogens is 292 g/mol. The summed E-state index contributed by atoms with van der Waals surface area (Å²) in [5.41, 5.74) is 4.47. The minimum Gasteiger partial charge on any atom is -0.326 e. The van der Waals surface area contributed by atoms with Gasteiger partial charge in [0.2, 0.25) is 0 Å². The fourth-order valence-electron chi connectivity index (χ4n) is 2.81. The maximum Gasteiger partial charge on any atom is 0.132 e. The molecule has 24 heavy (non-hydrogen) atoms. The molecule has 3 aromatic rings. The van der Waals surface area contributed by atoms with E-state index in [4.69, 9.17) is 5.41 Å². The fraction of sp³-hybridized carbons (Fsp3) is 0.136. The van der Waals surface area contributed by atoms with E-state index in [1.165, 1.54) is 11.1 Å². The van der Waals surface area contributed by atoms with Crippen molar-refractivity contribution in [2.24, 2.45) is 0 Å². The zero-order chi connectivity index (χ0) is 16.8. The highest BCUT2D eigenvalue weighted by atomic mass is 15.2. The zero-order valence-corrected chi connectivity index (χ0v) is 13.9. The van der Waals surface area contributed by atoms with Crippen LogP contribution in [0.4, 0.5) is 5.69 Å². The van der Waals surface area contributed by atoms with Gasteiger partial charge in [0.05, 0.1) is 0 Å². The van der Waals surface area contributed by atoms with Crippen LogP contribution in [0.5, 0.6) is 0 Å². The molecule has 0 fully saturated rings. The number of benzene rings is 3. The Kier molecular flexibility index (Phi) is 5.07. The van der Waals surface area contributed by atoms with Crippen LogP contribution in [0.3, 0.4) is 0 Å². The number of para-hydroxylation sites is 1. The molecule has 0 radical (unpaired) electrons. The molecule has 0 bridgehead atoms. The second-order valence-corrected chi connectivity index (χ2v) is 5.94. The van der Waals surface area contributed by atoms with Gasteiger partial charge in [0.15, 0.2) is 0 Å². The zero-order valence-electron chi connectivity index (χ0n) is 13.9. The van der Waals surface area contributed by atoms with Gasteiger partial charge in [0.25, 0.3) is 0 Å². The molecule has 2 heteroatoms. The Morgan fingerprint density at radius 2 is 1.50 bits per heavy atom. The minimum absolute atomic E-state index is 0.542. The molecule has 0 aliphatic rings. The van der Waals surface area contributed by atoms with Crippen LogP contribution in [-0.4, -0.2) is 12.4 Å². The quantitative estimate of drug-likeness (QED) is 0.516. The van der Waals surface area contributed by atoms with Gasteiger partial charge in [-0.05, 0) is 37.1 Å². The largest absolute Gasteiger partial charge is 0.326 e. The first kappa shape index (κ1) is 16.0. The third-order valence-electron chi connectivity index (χ3n) is 4.10. The summed E-state index contributed by atoms with van der Waals surface area (Å²) < 4.78 is 0. The highest BCUT2D eigenvalue weighted by Gasteiger charge is 2.14. The molecule has 0 amide bonds. The number of hydrogen-bond acceptors (Lipinski definition) is 1. The molecule has 0 unspecified atom stereocenters. The van der Waals surface area contributed by atoms with Gasteiger partial charge in [-0.25, -0.2) is 0 Å². The number of hydrogen-bond donors (Lipinski definition) is 1. The normalized spacial score (nSPS) is 10.4. The predicted molar refractivity (Wildman–Crippen MR) is 102 cm³/mol. The van der Waals surface area contributed by atoms with E-state index in [-0.39, 0.29) is 0 Å². The molecule has 0 aliphatic carbocycles. The summed E-state index contributed by atoms with van der Waals surface area (Å²) in [6.07, 6.45) is 0.907. The average Bonchev–Trinajstić information content (AvgIpc) is 2.63. The van der Waals surface area contributed by atoms with Crippen molar-refractivity contribution in [3.63, 3.8) is 0 Å². The molecule has 1 N–H and O–H groups in total. The van der Waals surface area contributed by atoms with Crippen molar-refractivity contribution in [2.45, 2.75) is 13.3 Å². The van der Waals surface area contributed by atoms with Gasteiger partial charge in [0, 0.05) is 17.8 Å². The summed E-state index contributed by atoms with van der Waals surface area (Å²) in [7, 11) is 0. The first-order chi connectivity index (χ1) is 11.7. The summed E-state index contributed by atoms with van der Waals surface area (Å²) in [5, 5.41) is 8.71. The number of aryl methyl sites for hydroxylation is 1. The fourth-order valence-corrected chi connectivity index (χ4v) is 2.81. The number of nitrogens with one attached hydrogen (secondary N) is 1. The molecule has 0 spiro atoms. The molecule has 0 heterocycles. The number of anilines is 1. The third-order valence-corrected chi connectivity index (χ3v) is 4.10. The Hall–Kier alpha value is -2.87. The van der Waals surface area contributed by atoms with Gasteiger partial charge in [-0.2, -0.15) is 0 Å². The molecule has 2 nitrogen and oxygen atoms in total. The Bertz CT molecular complexity index is 794. The van der Waals surface area contributed by atoms with Crippen molar-refractivity contribution in [2.75, 3.05) is 11.4 Å². The lowest BCUT2D eigenvalue weighted by molar-refractivity contribution is 0.928. The predicted octanol–water partition coefficient (Wildman–Crippen LogP) is 5.07. The first-order valence-corrected chi connectivity index (χ1v) is 8.26. The van der Waals surface area contributed by atoms with E-state index in [9.17, 15) is 0 Å². The number of nitrogens with zero attached hydrogens (tertiary/aromatic N) is 1. The summed E-state index contributed by atoms with van der Waals surface area (Å²) in [6, 6.07) is 28.8.